The fourth-order valence-electron chi connectivity index (χ4n) is 5.06. The summed E-state index contributed by atoms with van der Waals surface area (Å²) in [6, 6.07) is 23.5. The topological polar surface area (TPSA) is 65.2 Å². The molecule has 1 fully saturated rings. The molecule has 1 aliphatic rings. The van der Waals surface area contributed by atoms with Gasteiger partial charge in [0.2, 0.25) is 0 Å². The fraction of sp³-hybridized carbons (Fsp3) is 0.250. The number of nitrogens with zero attached hydrogens (tertiary/aromatic N) is 1. The zero-order chi connectivity index (χ0) is 25.5. The van der Waals surface area contributed by atoms with Crippen molar-refractivity contribution in [1.82, 2.24) is 15.2 Å². The van der Waals surface area contributed by atoms with Crippen molar-refractivity contribution in [2.75, 3.05) is 13.1 Å². The van der Waals surface area contributed by atoms with Gasteiger partial charge >= 0.3 is 0 Å². The number of aromatic nitrogens is 1. The van der Waals surface area contributed by atoms with Crippen molar-refractivity contribution < 1.29 is 9.59 Å². The number of aromatic amines is 1. The summed E-state index contributed by atoms with van der Waals surface area (Å²) < 4.78 is 0. The van der Waals surface area contributed by atoms with Crippen molar-refractivity contribution in [2.24, 2.45) is 0 Å². The number of rotatable bonds is 9. The monoisotopic (exact) mass is 491 g/mol. The standard InChI is InChI=1S/C32H33N3O2/c36-23-28(20-27-21-33-31-11-5-4-9-29(27)31)34-32(37)30-10-3-2-8-26(30)17-16-24-12-14-25(15-13-24)22-35-18-6-1-7-19-35/h2-5,8-17,21,23,28,33H,1,6-7,18-20,22H2,(H,34,37)/b17-16+. The fourth-order valence-corrected chi connectivity index (χ4v) is 5.06. The summed E-state index contributed by atoms with van der Waals surface area (Å²) in [5.41, 5.74) is 5.80. The molecule has 0 radical (unpaired) electrons. The lowest BCUT2D eigenvalue weighted by Crippen LogP contribution is -2.37. The average molecular weight is 492 g/mol. The van der Waals surface area contributed by atoms with Gasteiger partial charge in [0.05, 0.1) is 6.04 Å². The zero-order valence-electron chi connectivity index (χ0n) is 21.0. The van der Waals surface area contributed by atoms with Crippen LogP contribution in [0.5, 0.6) is 0 Å². The van der Waals surface area contributed by atoms with Crippen molar-refractivity contribution in [3.63, 3.8) is 0 Å². The summed E-state index contributed by atoms with van der Waals surface area (Å²) >= 11 is 0. The predicted molar refractivity (Wildman–Crippen MR) is 150 cm³/mol. The molecule has 1 saturated heterocycles. The Hall–Kier alpha value is -3.96. The molecule has 4 aromatic rings. The maximum Gasteiger partial charge on any atom is 0.252 e. The van der Waals surface area contributed by atoms with E-state index >= 15 is 0 Å². The maximum atomic E-state index is 13.2. The van der Waals surface area contributed by atoms with Crippen molar-refractivity contribution in [3.8, 4) is 0 Å². The molecule has 1 unspecified atom stereocenters. The van der Waals surface area contributed by atoms with E-state index in [2.05, 4.69) is 39.5 Å². The molecular formula is C32H33N3O2. The normalized spacial score (nSPS) is 15.1. The molecule has 0 bridgehead atoms. The molecule has 1 atom stereocenters. The lowest BCUT2D eigenvalue weighted by atomic mass is 10.0. The van der Waals surface area contributed by atoms with E-state index in [0.29, 0.717) is 12.0 Å². The number of carbonyl (C=O) groups is 2. The zero-order valence-corrected chi connectivity index (χ0v) is 21.0. The number of hydrogen-bond acceptors (Lipinski definition) is 3. The van der Waals surface area contributed by atoms with Crippen LogP contribution in [0.2, 0.25) is 0 Å². The molecule has 188 valence electrons. The maximum absolute atomic E-state index is 13.2. The quantitative estimate of drug-likeness (QED) is 0.228. The van der Waals surface area contributed by atoms with Gasteiger partial charge in [-0.3, -0.25) is 9.69 Å². The van der Waals surface area contributed by atoms with Gasteiger partial charge in [-0.25, -0.2) is 0 Å². The van der Waals surface area contributed by atoms with E-state index in [4.69, 9.17) is 0 Å². The highest BCUT2D eigenvalue weighted by atomic mass is 16.2. The molecule has 5 rings (SSSR count). The first-order chi connectivity index (χ1) is 18.2. The predicted octanol–water partition coefficient (Wildman–Crippen LogP) is 5.86. The molecule has 5 nitrogen and oxygen atoms in total. The van der Waals surface area contributed by atoms with Crippen molar-refractivity contribution in [2.45, 2.75) is 38.3 Å². The van der Waals surface area contributed by atoms with Gasteiger partial charge in [0.15, 0.2) is 0 Å². The molecule has 1 aromatic heterocycles. The van der Waals surface area contributed by atoms with E-state index in [0.717, 1.165) is 40.4 Å². The minimum atomic E-state index is -0.615. The van der Waals surface area contributed by atoms with Crippen LogP contribution in [-0.4, -0.2) is 41.2 Å². The molecule has 0 aliphatic carbocycles. The molecule has 1 amide bonds. The van der Waals surface area contributed by atoms with Gasteiger partial charge < -0.3 is 15.1 Å². The van der Waals surface area contributed by atoms with E-state index in [1.165, 1.54) is 37.9 Å². The molecule has 3 aromatic carbocycles. The highest BCUT2D eigenvalue weighted by Gasteiger charge is 2.17. The smallest absolute Gasteiger partial charge is 0.252 e. The van der Waals surface area contributed by atoms with Crippen LogP contribution in [0.15, 0.2) is 79.0 Å². The van der Waals surface area contributed by atoms with Gasteiger partial charge in [0.1, 0.15) is 6.29 Å². The second kappa shape index (κ2) is 11.8. The Bertz CT molecular complexity index is 1380. The van der Waals surface area contributed by atoms with Crippen LogP contribution >= 0.6 is 0 Å². The van der Waals surface area contributed by atoms with Gasteiger partial charge in [0.25, 0.3) is 5.91 Å². The van der Waals surface area contributed by atoms with E-state index in [1.807, 2.05) is 60.8 Å². The van der Waals surface area contributed by atoms with Crippen molar-refractivity contribution in [1.29, 1.82) is 0 Å². The first-order valence-corrected chi connectivity index (χ1v) is 13.1. The van der Waals surface area contributed by atoms with Gasteiger partial charge in [0, 0.05) is 35.6 Å². The molecule has 2 heterocycles. The summed E-state index contributed by atoms with van der Waals surface area (Å²) in [5.74, 6) is -0.255. The van der Waals surface area contributed by atoms with Gasteiger partial charge in [-0.05, 0) is 60.3 Å². The number of carbonyl (C=O) groups excluding carboxylic acids is 2. The van der Waals surface area contributed by atoms with E-state index in [9.17, 15) is 9.59 Å². The molecule has 5 heteroatoms. The Morgan fingerprint density at radius 2 is 1.68 bits per heavy atom. The first kappa shape index (κ1) is 24.7. The van der Waals surface area contributed by atoms with Crippen LogP contribution in [0.25, 0.3) is 23.1 Å². The summed E-state index contributed by atoms with van der Waals surface area (Å²) in [4.78, 5) is 30.7. The second-order valence-electron chi connectivity index (χ2n) is 9.78. The molecule has 0 spiro atoms. The van der Waals surface area contributed by atoms with E-state index in [-0.39, 0.29) is 5.91 Å². The van der Waals surface area contributed by atoms with E-state index < -0.39 is 6.04 Å². The molecular weight excluding hydrogens is 458 g/mol. The highest BCUT2D eigenvalue weighted by Crippen LogP contribution is 2.20. The molecule has 0 saturated carbocycles. The summed E-state index contributed by atoms with van der Waals surface area (Å²) in [7, 11) is 0. The number of H-pyrrole nitrogens is 1. The van der Waals surface area contributed by atoms with Gasteiger partial charge in [-0.15, -0.1) is 0 Å². The highest BCUT2D eigenvalue weighted by molar-refractivity contribution is 5.99. The molecule has 1 aliphatic heterocycles. The van der Waals surface area contributed by atoms with Crippen LogP contribution in [0, 0.1) is 0 Å². The Morgan fingerprint density at radius 1 is 0.919 bits per heavy atom. The van der Waals surface area contributed by atoms with Gasteiger partial charge in [-0.2, -0.15) is 0 Å². The minimum Gasteiger partial charge on any atom is -0.361 e. The van der Waals surface area contributed by atoms with Crippen LogP contribution < -0.4 is 5.32 Å². The second-order valence-corrected chi connectivity index (χ2v) is 9.78. The van der Waals surface area contributed by atoms with E-state index in [1.54, 1.807) is 6.07 Å². The van der Waals surface area contributed by atoms with Crippen LogP contribution in [-0.2, 0) is 17.8 Å². The number of para-hydroxylation sites is 1. The lowest BCUT2D eigenvalue weighted by Gasteiger charge is -2.26. The Balaban J connectivity index is 1.24. The Morgan fingerprint density at radius 3 is 2.49 bits per heavy atom. The van der Waals surface area contributed by atoms with Gasteiger partial charge in [-0.1, -0.05) is 79.2 Å². The Labute approximate surface area is 218 Å². The number of fused-ring (bicyclic) bond motifs is 1. The number of nitrogens with one attached hydrogen (secondary N) is 2. The van der Waals surface area contributed by atoms with Crippen molar-refractivity contribution in [3.05, 3.63) is 107 Å². The largest absolute Gasteiger partial charge is 0.361 e. The van der Waals surface area contributed by atoms with Crippen LogP contribution in [0.1, 0.15) is 51.9 Å². The number of aldehydes is 1. The number of hydrogen-bond donors (Lipinski definition) is 2. The molecule has 2 N–H and O–H groups in total. The van der Waals surface area contributed by atoms with Crippen LogP contribution in [0.3, 0.4) is 0 Å². The first-order valence-electron chi connectivity index (χ1n) is 13.1. The third-order valence-corrected chi connectivity index (χ3v) is 7.09. The lowest BCUT2D eigenvalue weighted by molar-refractivity contribution is -0.109. The minimum absolute atomic E-state index is 0.255. The third kappa shape index (κ3) is 6.25. The SMILES string of the molecule is O=CC(Cc1c[nH]c2ccccc12)NC(=O)c1ccccc1/C=C/c1ccc(CN2CCCCC2)cc1. The molecule has 37 heavy (non-hydrogen) atoms. The number of likely N-dealkylation sites (tertiary alicyclic amines) is 1. The summed E-state index contributed by atoms with van der Waals surface area (Å²) in [6.07, 6.45) is 11.1. The number of piperidine rings is 1. The summed E-state index contributed by atoms with van der Waals surface area (Å²) in [5, 5.41) is 3.98. The van der Waals surface area contributed by atoms with Crippen LogP contribution in [0.4, 0.5) is 0 Å². The average Bonchev–Trinajstić information content (AvgIpc) is 3.35. The van der Waals surface area contributed by atoms with Crippen molar-refractivity contribution >= 4 is 35.2 Å². The number of benzene rings is 3. The number of amides is 1. The third-order valence-electron chi connectivity index (χ3n) is 7.09. The summed E-state index contributed by atoms with van der Waals surface area (Å²) in [6.45, 7) is 3.38. The Kier molecular flexibility index (Phi) is 7.92.